The molecule has 0 amide bonds. The number of phosphoric acid groups is 1. The van der Waals surface area contributed by atoms with Gasteiger partial charge in [-0.15, -0.1) is 0 Å². The van der Waals surface area contributed by atoms with Crippen LogP contribution in [0.15, 0.2) is 12.1 Å². The minimum atomic E-state index is -4.91. The first-order valence-corrected chi connectivity index (χ1v) is 9.27. The lowest BCUT2D eigenvalue weighted by Crippen LogP contribution is -2.26. The molecule has 3 N–H and O–H groups in total. The second kappa shape index (κ2) is 10.3. The van der Waals surface area contributed by atoms with E-state index in [1.807, 2.05) is 6.92 Å². The second-order valence-electron chi connectivity index (χ2n) is 5.32. The van der Waals surface area contributed by atoms with E-state index in [0.717, 1.165) is 6.42 Å². The van der Waals surface area contributed by atoms with Gasteiger partial charge in [-0.3, -0.25) is 20.2 Å². The van der Waals surface area contributed by atoms with Crippen molar-refractivity contribution in [1.29, 1.82) is 0 Å². The molecule has 1 rings (SSSR count). The Hall–Kier alpha value is -2.28. The highest BCUT2D eigenvalue weighted by atomic mass is 31.2. The van der Waals surface area contributed by atoms with Crippen LogP contribution in [-0.4, -0.2) is 37.6 Å². The summed E-state index contributed by atoms with van der Waals surface area (Å²) in [5, 5.41) is 22.3. The van der Waals surface area contributed by atoms with Crippen molar-refractivity contribution in [2.24, 2.45) is 0 Å². The van der Waals surface area contributed by atoms with E-state index in [1.54, 1.807) is 6.92 Å². The van der Waals surface area contributed by atoms with Crippen molar-refractivity contribution >= 4 is 24.9 Å². The number of alkyl halides is 3. The van der Waals surface area contributed by atoms with Gasteiger partial charge in [0.25, 0.3) is 11.4 Å². The largest absolute Gasteiger partial charge is 0.466 e. The van der Waals surface area contributed by atoms with Gasteiger partial charge in [0, 0.05) is 25.2 Å². The Morgan fingerprint density at radius 3 is 1.71 bits per heavy atom. The molecule has 0 aliphatic carbocycles. The smallest absolute Gasteiger partial charge is 0.361 e. The average Bonchev–Trinajstić information content (AvgIpc) is 2.52. The highest BCUT2D eigenvalue weighted by molar-refractivity contribution is 7.45. The number of nitrogens with zero attached hydrogens (tertiary/aromatic N) is 3. The minimum Gasteiger partial charge on any atom is -0.361 e. The summed E-state index contributed by atoms with van der Waals surface area (Å²) >= 11 is 0. The summed E-state index contributed by atoms with van der Waals surface area (Å²) < 4.78 is 47.4. The molecule has 0 spiro atoms. The molecule has 0 heterocycles. The second-order valence-corrected chi connectivity index (χ2v) is 6.35. The molecule has 1 aromatic rings. The van der Waals surface area contributed by atoms with E-state index >= 15 is 0 Å². The van der Waals surface area contributed by atoms with Crippen LogP contribution in [0.4, 0.5) is 30.2 Å². The quantitative estimate of drug-likeness (QED) is 0.332. The van der Waals surface area contributed by atoms with Gasteiger partial charge in [-0.2, -0.15) is 13.2 Å². The molecule has 0 bridgehead atoms. The lowest BCUT2D eigenvalue weighted by atomic mass is 10.1. The molecule has 0 aliphatic heterocycles. The number of hydrogen-bond acceptors (Lipinski definition) is 6. The lowest BCUT2D eigenvalue weighted by Gasteiger charge is -2.23. The van der Waals surface area contributed by atoms with E-state index in [2.05, 4.69) is 0 Å². The summed E-state index contributed by atoms with van der Waals surface area (Å²) in [5.74, 6) is 0. The normalized spacial score (nSPS) is 11.4. The fraction of sp³-hybridized carbons (Fsp3) is 0.538. The number of benzene rings is 1. The predicted molar refractivity (Wildman–Crippen MR) is 91.8 cm³/mol. The minimum absolute atomic E-state index is 0.201. The molecule has 0 saturated heterocycles. The van der Waals surface area contributed by atoms with Gasteiger partial charge in [0.1, 0.15) is 0 Å². The van der Waals surface area contributed by atoms with E-state index < -0.39 is 40.8 Å². The molecule has 0 saturated carbocycles. The number of hydrogen-bond donors (Lipinski definition) is 3. The van der Waals surface area contributed by atoms with Gasteiger partial charge in [0.2, 0.25) is 0 Å². The third-order valence-corrected chi connectivity index (χ3v) is 3.27. The summed E-state index contributed by atoms with van der Waals surface area (Å²) in [6, 6.07) is 0.688. The first-order valence-electron chi connectivity index (χ1n) is 7.70. The van der Waals surface area contributed by atoms with E-state index in [4.69, 9.17) is 19.2 Å². The standard InChI is InChI=1S/C13H16F3N3O4.H3O4P/c1-3-5-6-17(4-2)12-10(18(20)21)7-9(13(14,15)16)8-11(12)19(22)23;1-5(2,3)4/h7-8H,3-6H2,1-2H3;(H3,1,2,3,4). The Kier molecular flexibility index (Phi) is 9.48. The van der Waals surface area contributed by atoms with Crippen LogP contribution in [0.3, 0.4) is 0 Å². The van der Waals surface area contributed by atoms with Crippen LogP contribution in [-0.2, 0) is 10.7 Å². The topological polar surface area (TPSA) is 167 Å². The molecule has 0 atom stereocenters. The average molecular weight is 433 g/mol. The van der Waals surface area contributed by atoms with Crippen molar-refractivity contribution in [3.8, 4) is 0 Å². The van der Waals surface area contributed by atoms with E-state index in [1.165, 1.54) is 4.90 Å². The summed E-state index contributed by atoms with van der Waals surface area (Å²) in [5.41, 5.74) is -3.62. The molecule has 15 heteroatoms. The fourth-order valence-electron chi connectivity index (χ4n) is 2.15. The van der Waals surface area contributed by atoms with Gasteiger partial charge in [0.15, 0.2) is 5.69 Å². The number of halogens is 3. The van der Waals surface area contributed by atoms with Crippen molar-refractivity contribution in [2.75, 3.05) is 18.0 Å². The SMILES string of the molecule is CCCCN(CC)c1c([N+](=O)[O-])cc(C(F)(F)F)cc1[N+](=O)[O-].O=P(O)(O)O. The number of anilines is 1. The Bertz CT molecular complexity index is 710. The zero-order valence-corrected chi connectivity index (χ0v) is 15.7. The number of nitro groups is 2. The van der Waals surface area contributed by atoms with Crippen molar-refractivity contribution in [1.82, 2.24) is 0 Å². The van der Waals surface area contributed by atoms with Crippen LogP contribution in [0, 0.1) is 20.2 Å². The van der Waals surface area contributed by atoms with Crippen molar-refractivity contribution in [3.63, 3.8) is 0 Å². The van der Waals surface area contributed by atoms with Gasteiger partial charge in [-0.05, 0) is 13.3 Å². The first-order chi connectivity index (χ1) is 12.6. The van der Waals surface area contributed by atoms with Gasteiger partial charge in [0.05, 0.1) is 15.4 Å². The van der Waals surface area contributed by atoms with Crippen molar-refractivity contribution in [2.45, 2.75) is 32.9 Å². The Balaban J connectivity index is 0.00000129. The summed E-state index contributed by atoms with van der Waals surface area (Å²) in [6.07, 6.45) is -3.57. The molecule has 0 aliphatic rings. The Labute approximate surface area is 156 Å². The van der Waals surface area contributed by atoms with Crippen molar-refractivity contribution < 1.29 is 42.3 Å². The molecular formula is C13H19F3N3O8P. The lowest BCUT2D eigenvalue weighted by molar-refractivity contribution is -0.393. The van der Waals surface area contributed by atoms with Crippen LogP contribution >= 0.6 is 7.82 Å². The monoisotopic (exact) mass is 433 g/mol. The Morgan fingerprint density at radius 1 is 1.07 bits per heavy atom. The molecular weight excluding hydrogens is 414 g/mol. The maximum atomic E-state index is 12.8. The van der Waals surface area contributed by atoms with E-state index in [9.17, 15) is 33.4 Å². The van der Waals surface area contributed by atoms with Gasteiger partial charge in [-0.1, -0.05) is 13.3 Å². The fourth-order valence-corrected chi connectivity index (χ4v) is 2.15. The van der Waals surface area contributed by atoms with E-state index in [0.29, 0.717) is 18.6 Å². The van der Waals surface area contributed by atoms with Crippen LogP contribution in [0.1, 0.15) is 32.3 Å². The number of nitro benzene ring substituents is 2. The zero-order chi connectivity index (χ0) is 22.3. The molecule has 0 aromatic heterocycles. The Morgan fingerprint density at radius 2 is 1.46 bits per heavy atom. The number of rotatable bonds is 7. The van der Waals surface area contributed by atoms with Crippen LogP contribution in [0.5, 0.6) is 0 Å². The van der Waals surface area contributed by atoms with Crippen LogP contribution in [0.2, 0.25) is 0 Å². The highest BCUT2D eigenvalue weighted by Crippen LogP contribution is 2.43. The van der Waals surface area contributed by atoms with Crippen LogP contribution in [0.25, 0.3) is 0 Å². The summed E-state index contributed by atoms with van der Waals surface area (Å²) in [7, 11) is -4.64. The molecule has 0 radical (unpaired) electrons. The predicted octanol–water partition coefficient (Wildman–Crippen LogP) is 3.22. The first kappa shape index (κ1) is 25.7. The van der Waals surface area contributed by atoms with Crippen LogP contribution < -0.4 is 4.90 Å². The number of unbranched alkanes of at least 4 members (excludes halogenated alkanes) is 1. The van der Waals surface area contributed by atoms with Gasteiger partial charge < -0.3 is 19.6 Å². The maximum absolute atomic E-state index is 12.8. The third-order valence-electron chi connectivity index (χ3n) is 3.27. The summed E-state index contributed by atoms with van der Waals surface area (Å²) in [6.45, 7) is 3.97. The maximum Gasteiger partial charge on any atom is 0.466 e. The van der Waals surface area contributed by atoms with Crippen molar-refractivity contribution in [3.05, 3.63) is 37.9 Å². The van der Waals surface area contributed by atoms with Gasteiger partial charge >= 0.3 is 14.0 Å². The molecule has 160 valence electrons. The highest BCUT2D eigenvalue weighted by Gasteiger charge is 2.38. The summed E-state index contributed by atoms with van der Waals surface area (Å²) in [4.78, 5) is 43.2. The molecule has 1 aromatic carbocycles. The molecule has 28 heavy (non-hydrogen) atoms. The zero-order valence-electron chi connectivity index (χ0n) is 14.8. The van der Waals surface area contributed by atoms with E-state index in [-0.39, 0.29) is 18.8 Å². The molecule has 0 unspecified atom stereocenters. The molecule has 11 nitrogen and oxygen atoms in total. The van der Waals surface area contributed by atoms with Gasteiger partial charge in [-0.25, -0.2) is 4.57 Å². The third kappa shape index (κ3) is 8.61. The molecule has 0 fully saturated rings.